The minimum absolute atomic E-state index is 0.646. The van der Waals surface area contributed by atoms with Gasteiger partial charge < -0.3 is 0 Å². The number of nitrogens with one attached hydrogen (secondary N) is 1. The Kier molecular flexibility index (Phi) is 4.39. The van der Waals surface area contributed by atoms with E-state index in [9.17, 15) is 0 Å². The summed E-state index contributed by atoms with van der Waals surface area (Å²) in [5.74, 6) is 0.694. The van der Waals surface area contributed by atoms with Crippen LogP contribution in [-0.2, 0) is 0 Å². The molecule has 6 heteroatoms. The highest BCUT2D eigenvalue weighted by Gasteiger charge is 2.20. The standard InChI is InChI=1S/C22H15ClN4S/c23-19-9-5-4-8-18(19)21-24-25-22-27(21)26-20(14-28-22)17-12-10-16(11-13-17)15-6-2-1-3-7-15/h1-14,26H. The third-order valence-electron chi connectivity index (χ3n) is 4.57. The van der Waals surface area contributed by atoms with Crippen LogP contribution < -0.4 is 5.43 Å². The van der Waals surface area contributed by atoms with Crippen LogP contribution in [0.3, 0.4) is 0 Å². The van der Waals surface area contributed by atoms with Crippen molar-refractivity contribution in [2.45, 2.75) is 5.16 Å². The highest BCUT2D eigenvalue weighted by Crippen LogP contribution is 2.34. The molecule has 0 amide bonds. The van der Waals surface area contributed by atoms with Crippen molar-refractivity contribution in [3.8, 4) is 22.5 Å². The third-order valence-corrected chi connectivity index (χ3v) is 5.72. The van der Waals surface area contributed by atoms with Crippen LogP contribution in [0.4, 0.5) is 0 Å². The van der Waals surface area contributed by atoms with Gasteiger partial charge in [-0.1, -0.05) is 90.1 Å². The average Bonchev–Trinajstić information content (AvgIpc) is 3.18. The Morgan fingerprint density at radius 2 is 1.43 bits per heavy atom. The Balaban J connectivity index is 1.45. The Hall–Kier alpha value is -3.02. The summed E-state index contributed by atoms with van der Waals surface area (Å²) in [4.78, 5) is 0. The molecule has 0 radical (unpaired) electrons. The molecule has 1 N–H and O–H groups in total. The first-order valence-corrected chi connectivity index (χ1v) is 10.1. The molecule has 136 valence electrons. The van der Waals surface area contributed by atoms with Gasteiger partial charge in [0.2, 0.25) is 5.16 Å². The molecule has 1 aromatic heterocycles. The summed E-state index contributed by atoms with van der Waals surface area (Å²) in [7, 11) is 0. The van der Waals surface area contributed by atoms with Crippen molar-refractivity contribution in [2.24, 2.45) is 0 Å². The molecule has 4 nitrogen and oxygen atoms in total. The predicted octanol–water partition coefficient (Wildman–Crippen LogP) is 5.91. The first-order chi connectivity index (χ1) is 13.8. The highest BCUT2D eigenvalue weighted by atomic mass is 35.5. The first-order valence-electron chi connectivity index (χ1n) is 8.79. The fraction of sp³-hybridized carbons (Fsp3) is 0. The van der Waals surface area contributed by atoms with Crippen LogP contribution in [0.25, 0.3) is 28.2 Å². The van der Waals surface area contributed by atoms with E-state index in [-0.39, 0.29) is 0 Å². The zero-order valence-corrected chi connectivity index (χ0v) is 16.3. The zero-order valence-electron chi connectivity index (χ0n) is 14.7. The molecule has 5 rings (SSSR count). The molecule has 3 aromatic carbocycles. The van der Waals surface area contributed by atoms with E-state index >= 15 is 0 Å². The molecule has 1 aliphatic heterocycles. The van der Waals surface area contributed by atoms with E-state index in [4.69, 9.17) is 11.6 Å². The number of benzene rings is 3. The Labute approximate surface area is 171 Å². The van der Waals surface area contributed by atoms with Gasteiger partial charge in [0, 0.05) is 11.0 Å². The van der Waals surface area contributed by atoms with Gasteiger partial charge in [0.25, 0.3) is 0 Å². The van der Waals surface area contributed by atoms with E-state index in [2.05, 4.69) is 69.6 Å². The van der Waals surface area contributed by atoms with Crippen LogP contribution in [0.15, 0.2) is 89.4 Å². The molecular formula is C22H15ClN4S. The molecule has 0 atom stereocenters. The molecule has 1 aliphatic rings. The maximum Gasteiger partial charge on any atom is 0.214 e. The van der Waals surface area contributed by atoms with Crippen molar-refractivity contribution >= 4 is 29.1 Å². The molecular weight excluding hydrogens is 388 g/mol. The quantitative estimate of drug-likeness (QED) is 0.462. The molecule has 0 fully saturated rings. The van der Waals surface area contributed by atoms with Crippen LogP contribution in [0.2, 0.25) is 5.02 Å². The number of rotatable bonds is 3. The van der Waals surface area contributed by atoms with Crippen LogP contribution in [0, 0.1) is 0 Å². The van der Waals surface area contributed by atoms with Gasteiger partial charge >= 0.3 is 0 Å². The Bertz CT molecular complexity index is 1170. The van der Waals surface area contributed by atoms with Gasteiger partial charge in [-0.2, -0.15) is 0 Å². The summed E-state index contributed by atoms with van der Waals surface area (Å²) in [6.45, 7) is 0. The summed E-state index contributed by atoms with van der Waals surface area (Å²) in [5, 5.41) is 12.1. The number of fused-ring (bicyclic) bond motifs is 1. The molecule has 0 unspecified atom stereocenters. The molecule has 2 heterocycles. The van der Waals surface area contributed by atoms with Crippen LogP contribution in [-0.4, -0.2) is 14.9 Å². The molecule has 0 saturated heterocycles. The molecule has 0 spiro atoms. The average molecular weight is 403 g/mol. The second kappa shape index (κ2) is 7.19. The van der Waals surface area contributed by atoms with E-state index in [0.717, 1.165) is 22.0 Å². The molecule has 0 bridgehead atoms. The van der Waals surface area contributed by atoms with Crippen molar-refractivity contribution in [3.63, 3.8) is 0 Å². The maximum absolute atomic E-state index is 6.36. The van der Waals surface area contributed by atoms with E-state index in [1.807, 2.05) is 35.0 Å². The van der Waals surface area contributed by atoms with Gasteiger partial charge in [0.1, 0.15) is 0 Å². The highest BCUT2D eigenvalue weighted by molar-refractivity contribution is 8.02. The van der Waals surface area contributed by atoms with Crippen molar-refractivity contribution < 1.29 is 0 Å². The Morgan fingerprint density at radius 3 is 2.21 bits per heavy atom. The minimum atomic E-state index is 0.646. The van der Waals surface area contributed by atoms with Crippen LogP contribution >= 0.6 is 23.4 Å². The lowest BCUT2D eigenvalue weighted by molar-refractivity contribution is 0.826. The number of hydrogen-bond acceptors (Lipinski definition) is 4. The SMILES string of the molecule is Clc1ccccc1-c1nnc2n1NC(c1ccc(-c3ccccc3)cc1)=CS2. The number of thioether (sulfide) groups is 1. The Morgan fingerprint density at radius 1 is 0.750 bits per heavy atom. The third kappa shape index (κ3) is 3.09. The summed E-state index contributed by atoms with van der Waals surface area (Å²) in [6, 6.07) is 26.5. The normalized spacial score (nSPS) is 12.8. The minimum Gasteiger partial charge on any atom is -0.289 e. The molecule has 4 aromatic rings. The van der Waals surface area contributed by atoms with Gasteiger partial charge in [-0.3, -0.25) is 5.43 Å². The van der Waals surface area contributed by atoms with E-state index in [0.29, 0.717) is 10.8 Å². The van der Waals surface area contributed by atoms with Gasteiger partial charge in [0.05, 0.1) is 10.7 Å². The summed E-state index contributed by atoms with van der Waals surface area (Å²) >= 11 is 7.89. The van der Waals surface area contributed by atoms with Crippen LogP contribution in [0.1, 0.15) is 5.56 Å². The van der Waals surface area contributed by atoms with Crippen molar-refractivity contribution in [1.82, 2.24) is 14.9 Å². The largest absolute Gasteiger partial charge is 0.289 e. The fourth-order valence-corrected chi connectivity index (χ4v) is 4.09. The fourth-order valence-electron chi connectivity index (χ4n) is 3.13. The zero-order chi connectivity index (χ0) is 18.9. The van der Waals surface area contributed by atoms with Crippen LogP contribution in [0.5, 0.6) is 0 Å². The van der Waals surface area contributed by atoms with Crippen molar-refractivity contribution in [3.05, 3.63) is 94.9 Å². The molecule has 28 heavy (non-hydrogen) atoms. The number of halogens is 1. The lowest BCUT2D eigenvalue weighted by Gasteiger charge is -2.19. The van der Waals surface area contributed by atoms with E-state index in [1.54, 1.807) is 0 Å². The first kappa shape index (κ1) is 17.1. The summed E-state index contributed by atoms with van der Waals surface area (Å²) in [5.41, 5.74) is 8.74. The van der Waals surface area contributed by atoms with Gasteiger partial charge in [-0.25, -0.2) is 4.68 Å². The smallest absolute Gasteiger partial charge is 0.214 e. The molecule has 0 saturated carbocycles. The van der Waals surface area contributed by atoms with Gasteiger partial charge in [-0.05, 0) is 28.8 Å². The summed E-state index contributed by atoms with van der Waals surface area (Å²) in [6.07, 6.45) is 0. The topological polar surface area (TPSA) is 42.7 Å². The van der Waals surface area contributed by atoms with E-state index < -0.39 is 0 Å². The van der Waals surface area contributed by atoms with Crippen molar-refractivity contribution in [1.29, 1.82) is 0 Å². The lowest BCUT2D eigenvalue weighted by Crippen LogP contribution is -2.18. The second-order valence-electron chi connectivity index (χ2n) is 6.33. The molecule has 0 aliphatic carbocycles. The second-order valence-corrected chi connectivity index (χ2v) is 7.57. The number of aromatic nitrogens is 3. The summed E-state index contributed by atoms with van der Waals surface area (Å²) < 4.78 is 1.88. The van der Waals surface area contributed by atoms with Gasteiger partial charge in [0.15, 0.2) is 5.82 Å². The van der Waals surface area contributed by atoms with E-state index in [1.165, 1.54) is 22.9 Å². The maximum atomic E-state index is 6.36. The number of hydrogen-bond donors (Lipinski definition) is 1. The lowest BCUT2D eigenvalue weighted by atomic mass is 10.0. The number of nitrogens with zero attached hydrogens (tertiary/aromatic N) is 3. The predicted molar refractivity (Wildman–Crippen MR) is 116 cm³/mol. The van der Waals surface area contributed by atoms with Gasteiger partial charge in [-0.15, -0.1) is 10.2 Å². The van der Waals surface area contributed by atoms with Crippen molar-refractivity contribution in [2.75, 3.05) is 5.43 Å². The monoisotopic (exact) mass is 402 g/mol.